The first-order valence-electron chi connectivity index (χ1n) is 10.2. The average Bonchev–Trinajstić information content (AvgIpc) is 3.06. The van der Waals surface area contributed by atoms with Crippen LogP contribution in [0, 0.1) is 6.92 Å². The van der Waals surface area contributed by atoms with Gasteiger partial charge in [0.25, 0.3) is 5.91 Å². The third-order valence-electron chi connectivity index (χ3n) is 5.02. The quantitative estimate of drug-likeness (QED) is 0.319. The fourth-order valence-corrected chi connectivity index (χ4v) is 4.66. The third kappa shape index (κ3) is 5.21. The van der Waals surface area contributed by atoms with Crippen LogP contribution >= 0.6 is 24.0 Å². The highest BCUT2D eigenvalue weighted by molar-refractivity contribution is 8.26. The van der Waals surface area contributed by atoms with Gasteiger partial charge in [0.05, 0.1) is 18.6 Å². The SMILES string of the molecule is COc1cc(C=C2SC(=S)N(Cc3ccccc3)C2=O)ccc1OCc1cccc(C)c1. The molecule has 1 amide bonds. The number of rotatable bonds is 7. The highest BCUT2D eigenvalue weighted by Gasteiger charge is 2.32. The number of thiocarbonyl (C=S) groups is 1. The molecule has 0 saturated carbocycles. The van der Waals surface area contributed by atoms with Crippen LogP contribution in [-0.2, 0) is 17.9 Å². The van der Waals surface area contributed by atoms with Crippen molar-refractivity contribution in [1.29, 1.82) is 0 Å². The summed E-state index contributed by atoms with van der Waals surface area (Å²) in [6.07, 6.45) is 1.84. The Labute approximate surface area is 197 Å². The zero-order valence-corrected chi connectivity index (χ0v) is 19.5. The average molecular weight is 462 g/mol. The summed E-state index contributed by atoms with van der Waals surface area (Å²) in [7, 11) is 1.61. The van der Waals surface area contributed by atoms with Crippen LogP contribution in [-0.4, -0.2) is 22.2 Å². The van der Waals surface area contributed by atoms with Crippen LogP contribution in [0.5, 0.6) is 11.5 Å². The van der Waals surface area contributed by atoms with E-state index in [4.69, 9.17) is 21.7 Å². The molecule has 3 aromatic rings. The lowest BCUT2D eigenvalue weighted by atomic mass is 10.1. The van der Waals surface area contributed by atoms with E-state index in [-0.39, 0.29) is 5.91 Å². The number of ether oxygens (including phenoxy) is 2. The van der Waals surface area contributed by atoms with Gasteiger partial charge in [-0.25, -0.2) is 0 Å². The van der Waals surface area contributed by atoms with E-state index >= 15 is 0 Å². The molecule has 0 aromatic heterocycles. The van der Waals surface area contributed by atoms with Gasteiger partial charge in [-0.3, -0.25) is 9.69 Å². The van der Waals surface area contributed by atoms with Crippen LogP contribution in [0.1, 0.15) is 22.3 Å². The topological polar surface area (TPSA) is 38.8 Å². The minimum Gasteiger partial charge on any atom is -0.493 e. The minimum atomic E-state index is -0.0809. The van der Waals surface area contributed by atoms with Crippen LogP contribution in [0.15, 0.2) is 77.7 Å². The van der Waals surface area contributed by atoms with Crippen molar-refractivity contribution in [3.05, 3.63) is 100.0 Å². The number of methoxy groups -OCH3 is 1. The maximum Gasteiger partial charge on any atom is 0.266 e. The van der Waals surface area contributed by atoms with Gasteiger partial charge in [-0.05, 0) is 41.8 Å². The van der Waals surface area contributed by atoms with Gasteiger partial charge >= 0.3 is 0 Å². The van der Waals surface area contributed by atoms with E-state index in [0.29, 0.717) is 33.9 Å². The summed E-state index contributed by atoms with van der Waals surface area (Å²) in [4.78, 5) is 15.2. The zero-order valence-electron chi connectivity index (χ0n) is 17.9. The zero-order chi connectivity index (χ0) is 22.5. The van der Waals surface area contributed by atoms with Gasteiger partial charge in [0.15, 0.2) is 11.5 Å². The molecule has 1 saturated heterocycles. The van der Waals surface area contributed by atoms with Crippen molar-refractivity contribution in [3.8, 4) is 11.5 Å². The molecule has 0 bridgehead atoms. The van der Waals surface area contributed by atoms with Gasteiger partial charge in [0.2, 0.25) is 0 Å². The number of benzene rings is 3. The summed E-state index contributed by atoms with van der Waals surface area (Å²) in [5.41, 5.74) is 4.18. The van der Waals surface area contributed by atoms with Crippen molar-refractivity contribution < 1.29 is 14.3 Å². The number of carbonyl (C=O) groups is 1. The number of hydrogen-bond donors (Lipinski definition) is 0. The molecule has 32 heavy (non-hydrogen) atoms. The number of hydrogen-bond acceptors (Lipinski definition) is 5. The van der Waals surface area contributed by atoms with Gasteiger partial charge in [0, 0.05) is 0 Å². The second-order valence-electron chi connectivity index (χ2n) is 7.44. The number of amides is 1. The molecule has 3 aromatic carbocycles. The molecule has 0 aliphatic carbocycles. The van der Waals surface area contributed by atoms with Crippen LogP contribution in [0.3, 0.4) is 0 Å². The lowest BCUT2D eigenvalue weighted by molar-refractivity contribution is -0.122. The van der Waals surface area contributed by atoms with E-state index in [9.17, 15) is 4.79 Å². The smallest absolute Gasteiger partial charge is 0.266 e. The van der Waals surface area contributed by atoms with E-state index in [0.717, 1.165) is 16.7 Å². The van der Waals surface area contributed by atoms with Crippen molar-refractivity contribution in [1.82, 2.24) is 4.90 Å². The summed E-state index contributed by atoms with van der Waals surface area (Å²) in [6.45, 7) is 2.98. The van der Waals surface area contributed by atoms with Crippen molar-refractivity contribution >= 4 is 40.3 Å². The fourth-order valence-electron chi connectivity index (χ4n) is 3.41. The Balaban J connectivity index is 1.48. The van der Waals surface area contributed by atoms with E-state index in [1.807, 2.05) is 66.7 Å². The van der Waals surface area contributed by atoms with Gasteiger partial charge in [-0.2, -0.15) is 0 Å². The molecule has 1 aliphatic heterocycles. The number of carbonyl (C=O) groups excluding carboxylic acids is 1. The van der Waals surface area contributed by atoms with E-state index in [1.54, 1.807) is 12.0 Å². The molecule has 1 aliphatic rings. The summed E-state index contributed by atoms with van der Waals surface area (Å²) < 4.78 is 12.1. The number of nitrogens with zero attached hydrogens (tertiary/aromatic N) is 1. The lowest BCUT2D eigenvalue weighted by Gasteiger charge is -2.14. The highest BCUT2D eigenvalue weighted by atomic mass is 32.2. The summed E-state index contributed by atoms with van der Waals surface area (Å²) >= 11 is 6.77. The predicted octanol–water partition coefficient (Wildman–Crippen LogP) is 5.98. The van der Waals surface area contributed by atoms with Gasteiger partial charge < -0.3 is 9.47 Å². The number of thioether (sulfide) groups is 1. The highest BCUT2D eigenvalue weighted by Crippen LogP contribution is 2.35. The monoisotopic (exact) mass is 461 g/mol. The Hall–Kier alpha value is -3.09. The second kappa shape index (κ2) is 10.0. The molecular weight excluding hydrogens is 438 g/mol. The van der Waals surface area contributed by atoms with Crippen molar-refractivity contribution in [2.75, 3.05) is 7.11 Å². The van der Waals surface area contributed by atoms with Crippen LogP contribution in [0.25, 0.3) is 6.08 Å². The Morgan fingerprint density at radius 1 is 0.969 bits per heavy atom. The van der Waals surface area contributed by atoms with Gasteiger partial charge in [0.1, 0.15) is 10.9 Å². The molecule has 1 heterocycles. The van der Waals surface area contributed by atoms with Crippen LogP contribution in [0.2, 0.25) is 0 Å². The molecule has 0 N–H and O–H groups in total. The Morgan fingerprint density at radius 3 is 2.50 bits per heavy atom. The molecule has 4 nitrogen and oxygen atoms in total. The minimum absolute atomic E-state index is 0.0809. The molecule has 162 valence electrons. The standard InChI is InChI=1S/C26H23NO3S2/c1-18-7-6-10-21(13-18)17-30-22-12-11-20(14-23(22)29-2)15-24-25(28)27(26(31)32-24)16-19-8-4-3-5-9-19/h3-15H,16-17H2,1-2H3. The van der Waals surface area contributed by atoms with Gasteiger partial charge in [-0.1, -0.05) is 90.2 Å². The van der Waals surface area contributed by atoms with E-state index in [1.165, 1.54) is 17.3 Å². The van der Waals surface area contributed by atoms with Crippen molar-refractivity contribution in [2.24, 2.45) is 0 Å². The third-order valence-corrected chi connectivity index (χ3v) is 6.40. The maximum absolute atomic E-state index is 12.9. The fraction of sp³-hybridized carbons (Fsp3) is 0.154. The first-order valence-corrected chi connectivity index (χ1v) is 11.4. The van der Waals surface area contributed by atoms with Crippen molar-refractivity contribution in [3.63, 3.8) is 0 Å². The summed E-state index contributed by atoms with van der Waals surface area (Å²) in [5, 5.41) is 0. The first kappa shape index (κ1) is 22.1. The maximum atomic E-state index is 12.9. The Bertz CT molecular complexity index is 1170. The molecule has 0 spiro atoms. The summed E-state index contributed by atoms with van der Waals surface area (Å²) in [6, 6.07) is 23.7. The first-order chi connectivity index (χ1) is 15.5. The Kier molecular flexibility index (Phi) is 6.93. The van der Waals surface area contributed by atoms with Crippen LogP contribution in [0.4, 0.5) is 0 Å². The molecule has 0 radical (unpaired) electrons. The van der Waals surface area contributed by atoms with Crippen LogP contribution < -0.4 is 9.47 Å². The molecule has 6 heteroatoms. The molecular formula is C26H23NO3S2. The molecule has 4 rings (SSSR count). The Morgan fingerprint density at radius 2 is 1.75 bits per heavy atom. The molecule has 0 unspecified atom stereocenters. The van der Waals surface area contributed by atoms with E-state index in [2.05, 4.69) is 19.1 Å². The van der Waals surface area contributed by atoms with Gasteiger partial charge in [-0.15, -0.1) is 0 Å². The second-order valence-corrected chi connectivity index (χ2v) is 9.12. The predicted molar refractivity (Wildman–Crippen MR) is 134 cm³/mol. The largest absolute Gasteiger partial charge is 0.493 e. The van der Waals surface area contributed by atoms with E-state index < -0.39 is 0 Å². The number of aryl methyl sites for hydroxylation is 1. The molecule has 1 fully saturated rings. The molecule has 0 atom stereocenters. The lowest BCUT2D eigenvalue weighted by Crippen LogP contribution is -2.27. The summed E-state index contributed by atoms with van der Waals surface area (Å²) in [5.74, 6) is 1.19. The van der Waals surface area contributed by atoms with Crippen molar-refractivity contribution in [2.45, 2.75) is 20.1 Å². The normalized spacial score (nSPS) is 14.8.